The first-order valence-electron chi connectivity index (χ1n) is 12.5. The van der Waals surface area contributed by atoms with Gasteiger partial charge < -0.3 is 8.85 Å². The molecule has 0 spiro atoms. The second-order valence-corrected chi connectivity index (χ2v) is 22.2. The van der Waals surface area contributed by atoms with Gasteiger partial charge in [0.25, 0.3) is 11.5 Å². The van der Waals surface area contributed by atoms with Crippen LogP contribution in [0.5, 0.6) is 0 Å². The van der Waals surface area contributed by atoms with Crippen molar-refractivity contribution in [3.8, 4) is 0 Å². The Labute approximate surface area is 217 Å². The van der Waals surface area contributed by atoms with Gasteiger partial charge in [0.2, 0.25) is 0 Å². The van der Waals surface area contributed by atoms with Crippen LogP contribution in [0.1, 0.15) is 63.5 Å². The minimum absolute atomic E-state index is 0.0131. The number of hydrogen-bond acceptors (Lipinski definition) is 5. The molecule has 0 aliphatic heterocycles. The Morgan fingerprint density at radius 2 is 1.31 bits per heavy atom. The normalized spacial score (nSPS) is 13.3. The molecule has 2 rings (SSSR count). The topological polar surface area (TPSA) is 79.5 Å². The predicted octanol–water partition coefficient (Wildman–Crippen LogP) is 5.59. The Bertz CT molecular complexity index is 1160. The highest BCUT2D eigenvalue weighted by Gasteiger charge is 2.40. The van der Waals surface area contributed by atoms with Gasteiger partial charge in [0.1, 0.15) is 0 Å². The summed E-state index contributed by atoms with van der Waals surface area (Å²) in [6.45, 7) is 23.7. The van der Waals surface area contributed by atoms with Gasteiger partial charge >= 0.3 is 5.69 Å². The van der Waals surface area contributed by atoms with Crippen molar-refractivity contribution in [1.29, 1.82) is 0 Å². The highest BCUT2D eigenvalue weighted by molar-refractivity contribution is 6.74. The second-order valence-electron chi connectivity index (χ2n) is 12.6. The second kappa shape index (κ2) is 10.7. The van der Waals surface area contributed by atoms with Gasteiger partial charge in [0.05, 0.1) is 19.3 Å². The quantitative estimate of drug-likeness (QED) is 0.414. The molecule has 0 unspecified atom stereocenters. The molecule has 0 saturated heterocycles. The van der Waals surface area contributed by atoms with Crippen molar-refractivity contribution in [2.75, 3.05) is 13.2 Å². The summed E-state index contributed by atoms with van der Waals surface area (Å²) < 4.78 is 15.2. The van der Waals surface area contributed by atoms with Crippen molar-refractivity contribution in [2.45, 2.75) is 90.8 Å². The van der Waals surface area contributed by atoms with E-state index < -0.39 is 39.8 Å². The van der Waals surface area contributed by atoms with Crippen LogP contribution in [0.15, 0.2) is 46.1 Å². The van der Waals surface area contributed by atoms with Crippen molar-refractivity contribution >= 4 is 22.5 Å². The lowest BCUT2D eigenvalue weighted by molar-refractivity contribution is 0.0942. The first kappa shape index (κ1) is 30.1. The molecule has 1 heterocycles. The lowest BCUT2D eigenvalue weighted by Crippen LogP contribution is -2.49. The largest absolute Gasteiger partial charge is 0.415 e. The maximum absolute atomic E-state index is 13.7. The standard InChI is InChI=1S/C27H44N2O5Si2/c1-20-17-28(25(32)29(23(20)30)24(31)21-15-13-12-14-16-21)22(18-33-35(8,9)26(2,3)4)19-34-36(10,11)27(5,6)7/h12-17,22H,18-19H2,1-11H3. The predicted molar refractivity (Wildman–Crippen MR) is 151 cm³/mol. The molecule has 2 aromatic rings. The van der Waals surface area contributed by atoms with Gasteiger partial charge in [-0.3, -0.25) is 14.2 Å². The summed E-state index contributed by atoms with van der Waals surface area (Å²) in [6, 6.07) is 7.89. The van der Waals surface area contributed by atoms with E-state index in [4.69, 9.17) is 8.85 Å². The molecule has 7 nitrogen and oxygen atoms in total. The molecular weight excluding hydrogens is 488 g/mol. The Hall–Kier alpha value is -2.08. The first-order chi connectivity index (χ1) is 16.3. The molecular formula is C27H44N2O5Si2. The number of carbonyl (C=O) groups is 1. The van der Waals surface area contributed by atoms with Gasteiger partial charge in [-0.2, -0.15) is 4.57 Å². The summed E-state index contributed by atoms with van der Waals surface area (Å²) in [6.07, 6.45) is 1.54. The van der Waals surface area contributed by atoms with Gasteiger partial charge in [-0.05, 0) is 55.3 Å². The summed E-state index contributed by atoms with van der Waals surface area (Å²) in [4.78, 5) is 39.8. The molecule has 0 bridgehead atoms. The molecule has 0 aliphatic rings. The third-order valence-electron chi connectivity index (χ3n) is 7.79. The molecule has 1 aromatic carbocycles. The average molecular weight is 533 g/mol. The SMILES string of the molecule is Cc1cn(C(CO[Si](C)(C)C(C)(C)C)CO[Si](C)(C)C(C)(C)C)c(=O)n(C(=O)c2ccccc2)c1=O. The minimum Gasteiger partial charge on any atom is -0.415 e. The Morgan fingerprint density at radius 3 is 1.72 bits per heavy atom. The van der Waals surface area contributed by atoms with Crippen LogP contribution in [0.3, 0.4) is 0 Å². The monoisotopic (exact) mass is 532 g/mol. The van der Waals surface area contributed by atoms with Crippen molar-refractivity contribution in [2.24, 2.45) is 0 Å². The zero-order valence-corrected chi connectivity index (χ0v) is 25.9. The van der Waals surface area contributed by atoms with E-state index in [2.05, 4.69) is 67.7 Å². The third kappa shape index (κ3) is 6.62. The first-order valence-corrected chi connectivity index (χ1v) is 18.3. The van der Waals surface area contributed by atoms with Gasteiger partial charge in [-0.25, -0.2) is 4.79 Å². The van der Waals surface area contributed by atoms with E-state index in [1.165, 1.54) is 10.8 Å². The summed E-state index contributed by atoms with van der Waals surface area (Å²) >= 11 is 0. The molecule has 9 heteroatoms. The zero-order chi connectivity index (χ0) is 27.7. The van der Waals surface area contributed by atoms with Crippen LogP contribution < -0.4 is 11.2 Å². The molecule has 0 atom stereocenters. The van der Waals surface area contributed by atoms with Crippen molar-refractivity contribution in [1.82, 2.24) is 9.13 Å². The van der Waals surface area contributed by atoms with E-state index in [1.807, 2.05) is 0 Å². The fourth-order valence-electron chi connectivity index (χ4n) is 3.10. The molecule has 0 fully saturated rings. The number of benzene rings is 1. The van der Waals surface area contributed by atoms with E-state index in [1.54, 1.807) is 37.3 Å². The Kier molecular flexibility index (Phi) is 8.99. The van der Waals surface area contributed by atoms with Crippen molar-refractivity contribution in [3.63, 3.8) is 0 Å². The molecule has 1 aromatic heterocycles. The van der Waals surface area contributed by atoms with Gasteiger partial charge in [0, 0.05) is 17.3 Å². The smallest absolute Gasteiger partial charge is 0.338 e. The van der Waals surface area contributed by atoms with Crippen LogP contribution in [0.25, 0.3) is 0 Å². The number of rotatable bonds is 8. The molecule has 36 heavy (non-hydrogen) atoms. The number of nitrogens with zero attached hydrogens (tertiary/aromatic N) is 2. The highest BCUT2D eigenvalue weighted by Crippen LogP contribution is 2.38. The third-order valence-corrected chi connectivity index (χ3v) is 16.8. The summed E-state index contributed by atoms with van der Waals surface area (Å²) in [5, 5.41) is -0.0262. The maximum atomic E-state index is 13.7. The van der Waals surface area contributed by atoms with Crippen molar-refractivity contribution < 1.29 is 13.6 Å². The maximum Gasteiger partial charge on any atom is 0.338 e. The van der Waals surface area contributed by atoms with E-state index in [0.717, 1.165) is 4.57 Å². The molecule has 0 N–H and O–H groups in total. The molecule has 200 valence electrons. The van der Waals surface area contributed by atoms with Crippen LogP contribution in [0.4, 0.5) is 0 Å². The molecule has 0 saturated carbocycles. The molecule has 0 radical (unpaired) electrons. The van der Waals surface area contributed by atoms with E-state index in [0.29, 0.717) is 5.56 Å². The number of aryl methyl sites for hydroxylation is 1. The summed E-state index contributed by atoms with van der Waals surface area (Å²) in [5.74, 6) is -0.641. The number of hydrogen-bond donors (Lipinski definition) is 0. The van der Waals surface area contributed by atoms with Crippen LogP contribution >= 0.6 is 0 Å². The number of aromatic nitrogens is 2. The summed E-state index contributed by atoms with van der Waals surface area (Å²) in [7, 11) is -4.27. The van der Waals surface area contributed by atoms with Crippen LogP contribution in [-0.4, -0.2) is 44.9 Å². The van der Waals surface area contributed by atoms with Crippen LogP contribution in [0.2, 0.25) is 36.3 Å². The lowest BCUT2D eigenvalue weighted by atomic mass is 10.2. The van der Waals surface area contributed by atoms with E-state index in [9.17, 15) is 14.4 Å². The molecule has 0 amide bonds. The lowest BCUT2D eigenvalue weighted by Gasteiger charge is -2.39. The van der Waals surface area contributed by atoms with Gasteiger partial charge in [-0.1, -0.05) is 59.7 Å². The molecule has 0 aliphatic carbocycles. The Balaban J connectivity index is 2.59. The number of carbonyl (C=O) groups excluding carboxylic acids is 1. The summed E-state index contributed by atoms with van der Waals surface area (Å²) in [5.41, 5.74) is -0.703. The van der Waals surface area contributed by atoms with Gasteiger partial charge in [-0.15, -0.1) is 0 Å². The average Bonchev–Trinajstić information content (AvgIpc) is 2.75. The van der Waals surface area contributed by atoms with Crippen molar-refractivity contribution in [3.05, 3.63) is 68.5 Å². The fourth-order valence-corrected chi connectivity index (χ4v) is 5.18. The fraction of sp³-hybridized carbons (Fsp3) is 0.593. The minimum atomic E-state index is -2.14. The zero-order valence-electron chi connectivity index (χ0n) is 23.9. The van der Waals surface area contributed by atoms with E-state index in [-0.39, 0.29) is 28.9 Å². The highest BCUT2D eigenvalue weighted by atomic mass is 28.4. The van der Waals surface area contributed by atoms with Gasteiger partial charge in [0.15, 0.2) is 16.6 Å². The van der Waals surface area contributed by atoms with E-state index >= 15 is 0 Å². The Morgan fingerprint density at radius 1 is 0.861 bits per heavy atom. The van der Waals surface area contributed by atoms with Crippen LogP contribution in [0, 0.1) is 6.92 Å². The van der Waals surface area contributed by atoms with Crippen LogP contribution in [-0.2, 0) is 8.85 Å².